The van der Waals surface area contributed by atoms with Gasteiger partial charge < -0.3 is 14.6 Å². The van der Waals surface area contributed by atoms with Crippen molar-refractivity contribution < 1.29 is 24.2 Å². The molecule has 1 saturated carbocycles. The first-order valence-electron chi connectivity index (χ1n) is 10.9. The van der Waals surface area contributed by atoms with Crippen LogP contribution in [0.4, 0.5) is 0 Å². The number of esters is 2. The predicted octanol–water partition coefficient (Wildman–Crippen LogP) is 5.80. The maximum absolute atomic E-state index is 12.3. The van der Waals surface area contributed by atoms with Crippen LogP contribution in [0.1, 0.15) is 63.4 Å². The summed E-state index contributed by atoms with van der Waals surface area (Å²) in [5.74, 6) is 0.316. The van der Waals surface area contributed by atoms with Crippen molar-refractivity contribution in [2.24, 2.45) is 0 Å². The molecule has 164 valence electrons. The highest BCUT2D eigenvalue weighted by molar-refractivity contribution is 5.91. The minimum absolute atomic E-state index is 0.0951. The predicted molar refractivity (Wildman–Crippen MR) is 121 cm³/mol. The van der Waals surface area contributed by atoms with Crippen molar-refractivity contribution in [2.75, 3.05) is 0 Å². The number of carbonyl (C=O) groups excluding carboxylic acids is 2. The molecule has 0 heterocycles. The molecule has 1 aliphatic carbocycles. The monoisotopic (exact) mass is 430 g/mol. The molecule has 32 heavy (non-hydrogen) atoms. The Morgan fingerprint density at radius 1 is 0.750 bits per heavy atom. The van der Waals surface area contributed by atoms with Gasteiger partial charge in [0.1, 0.15) is 17.6 Å². The molecule has 0 amide bonds. The van der Waals surface area contributed by atoms with E-state index in [1.807, 2.05) is 43.3 Å². The van der Waals surface area contributed by atoms with Gasteiger partial charge >= 0.3 is 11.9 Å². The second-order valence-electron chi connectivity index (χ2n) is 8.25. The van der Waals surface area contributed by atoms with Crippen LogP contribution in [0.5, 0.6) is 11.5 Å². The molecule has 0 bridgehead atoms. The molecule has 0 aliphatic heterocycles. The fourth-order valence-electron chi connectivity index (χ4n) is 3.99. The van der Waals surface area contributed by atoms with Crippen LogP contribution in [0.15, 0.2) is 72.8 Å². The topological polar surface area (TPSA) is 72.8 Å². The lowest BCUT2D eigenvalue weighted by Gasteiger charge is -2.28. The Labute approximate surface area is 187 Å². The Kier molecular flexibility index (Phi) is 6.55. The van der Waals surface area contributed by atoms with Gasteiger partial charge in [-0.2, -0.15) is 0 Å². The second kappa shape index (κ2) is 9.69. The van der Waals surface area contributed by atoms with Gasteiger partial charge in [-0.25, -0.2) is 9.59 Å². The summed E-state index contributed by atoms with van der Waals surface area (Å²) in [4.78, 5) is 24.6. The van der Waals surface area contributed by atoms with Crippen LogP contribution in [0, 0.1) is 6.92 Å². The Bertz CT molecular complexity index is 1060. The van der Waals surface area contributed by atoms with Gasteiger partial charge in [0.25, 0.3) is 0 Å². The summed E-state index contributed by atoms with van der Waals surface area (Å²) in [6.07, 6.45) is 3.37. The Balaban J connectivity index is 1.28. The number of hydrogen-bond donors (Lipinski definition) is 1. The molecule has 0 aromatic heterocycles. The summed E-state index contributed by atoms with van der Waals surface area (Å²) in [6.45, 7) is 1.97. The zero-order valence-electron chi connectivity index (χ0n) is 18.0. The molecular formula is C27H26O5. The van der Waals surface area contributed by atoms with E-state index < -0.39 is 0 Å². The van der Waals surface area contributed by atoms with Gasteiger partial charge in [-0.1, -0.05) is 29.8 Å². The lowest BCUT2D eigenvalue weighted by molar-refractivity contribution is 0.0195. The zero-order chi connectivity index (χ0) is 22.5. The first-order chi connectivity index (χ1) is 15.5. The molecule has 1 fully saturated rings. The highest BCUT2D eigenvalue weighted by Crippen LogP contribution is 2.35. The summed E-state index contributed by atoms with van der Waals surface area (Å²) in [6, 6.07) is 21.1. The molecule has 3 aromatic carbocycles. The van der Waals surface area contributed by atoms with Crippen LogP contribution < -0.4 is 4.74 Å². The minimum atomic E-state index is -0.367. The van der Waals surface area contributed by atoms with E-state index >= 15 is 0 Å². The summed E-state index contributed by atoms with van der Waals surface area (Å²) in [7, 11) is 0. The minimum Gasteiger partial charge on any atom is -0.508 e. The fourth-order valence-corrected chi connectivity index (χ4v) is 3.99. The summed E-state index contributed by atoms with van der Waals surface area (Å²) in [5, 5.41) is 9.34. The molecule has 5 heteroatoms. The Morgan fingerprint density at radius 3 is 1.94 bits per heavy atom. The lowest BCUT2D eigenvalue weighted by Crippen LogP contribution is -2.24. The van der Waals surface area contributed by atoms with E-state index in [-0.39, 0.29) is 23.8 Å². The molecule has 1 N–H and O–H groups in total. The third-order valence-corrected chi connectivity index (χ3v) is 5.90. The van der Waals surface area contributed by atoms with Crippen molar-refractivity contribution in [1.29, 1.82) is 0 Å². The van der Waals surface area contributed by atoms with E-state index in [0.717, 1.165) is 31.2 Å². The third-order valence-electron chi connectivity index (χ3n) is 5.90. The highest BCUT2D eigenvalue weighted by Gasteiger charge is 2.25. The van der Waals surface area contributed by atoms with Gasteiger partial charge in [-0.3, -0.25) is 0 Å². The first kappa shape index (κ1) is 21.6. The maximum atomic E-state index is 12.3. The normalized spacial score (nSPS) is 18.0. The number of ether oxygens (including phenoxy) is 2. The molecule has 0 spiro atoms. The molecular weight excluding hydrogens is 404 g/mol. The van der Waals surface area contributed by atoms with Gasteiger partial charge in [0.05, 0.1) is 11.1 Å². The van der Waals surface area contributed by atoms with Crippen molar-refractivity contribution in [3.05, 3.63) is 95.1 Å². The zero-order valence-corrected chi connectivity index (χ0v) is 18.0. The summed E-state index contributed by atoms with van der Waals surface area (Å²) in [5.41, 5.74) is 3.26. The molecule has 0 saturated heterocycles. The molecule has 5 nitrogen and oxygen atoms in total. The standard InChI is InChI=1S/C27H26O5/c1-18-2-4-21(5-3-18)26(29)31-24-14-8-19(9-15-24)20-10-16-25(17-11-20)32-27(30)22-6-12-23(28)13-7-22/h2-9,12-15,20,25,28H,10-11,16-17H2,1H3. The van der Waals surface area contributed by atoms with Crippen LogP contribution in [-0.2, 0) is 4.74 Å². The number of aromatic hydroxyl groups is 1. The average Bonchev–Trinajstić information content (AvgIpc) is 2.81. The Hall–Kier alpha value is -3.60. The number of aryl methyl sites for hydroxylation is 1. The fraction of sp³-hybridized carbons (Fsp3) is 0.259. The van der Waals surface area contributed by atoms with Crippen LogP contribution >= 0.6 is 0 Å². The molecule has 3 aromatic rings. The van der Waals surface area contributed by atoms with Gasteiger partial charge in [-0.15, -0.1) is 0 Å². The van der Waals surface area contributed by atoms with Crippen LogP contribution in [0.2, 0.25) is 0 Å². The van der Waals surface area contributed by atoms with E-state index in [1.54, 1.807) is 24.3 Å². The number of phenols is 1. The third kappa shape index (κ3) is 5.35. The van der Waals surface area contributed by atoms with Gasteiger partial charge in [-0.05, 0) is 92.6 Å². The van der Waals surface area contributed by atoms with E-state index in [1.165, 1.54) is 17.7 Å². The summed E-state index contributed by atoms with van der Waals surface area (Å²) >= 11 is 0. The van der Waals surface area contributed by atoms with E-state index in [2.05, 4.69) is 0 Å². The van der Waals surface area contributed by atoms with Crippen molar-refractivity contribution >= 4 is 11.9 Å². The highest BCUT2D eigenvalue weighted by atomic mass is 16.5. The van der Waals surface area contributed by atoms with E-state index in [0.29, 0.717) is 22.8 Å². The molecule has 4 rings (SSSR count). The maximum Gasteiger partial charge on any atom is 0.343 e. The average molecular weight is 431 g/mol. The molecule has 0 atom stereocenters. The quantitative estimate of drug-likeness (QED) is 0.409. The van der Waals surface area contributed by atoms with Crippen molar-refractivity contribution in [2.45, 2.75) is 44.6 Å². The molecule has 1 aliphatic rings. The SMILES string of the molecule is Cc1ccc(C(=O)Oc2ccc(C3CCC(OC(=O)c4ccc(O)cc4)CC3)cc2)cc1. The van der Waals surface area contributed by atoms with E-state index in [9.17, 15) is 14.7 Å². The van der Waals surface area contributed by atoms with Gasteiger partial charge in [0, 0.05) is 0 Å². The van der Waals surface area contributed by atoms with E-state index in [4.69, 9.17) is 9.47 Å². The lowest BCUT2D eigenvalue weighted by atomic mass is 9.83. The first-order valence-corrected chi connectivity index (χ1v) is 10.9. The van der Waals surface area contributed by atoms with Crippen LogP contribution in [0.25, 0.3) is 0 Å². The Morgan fingerprint density at radius 2 is 1.31 bits per heavy atom. The number of rotatable bonds is 5. The van der Waals surface area contributed by atoms with Crippen molar-refractivity contribution in [3.8, 4) is 11.5 Å². The smallest absolute Gasteiger partial charge is 0.343 e. The number of benzene rings is 3. The van der Waals surface area contributed by atoms with Crippen molar-refractivity contribution in [1.82, 2.24) is 0 Å². The van der Waals surface area contributed by atoms with Crippen LogP contribution in [-0.4, -0.2) is 23.1 Å². The summed E-state index contributed by atoms with van der Waals surface area (Å²) < 4.78 is 11.1. The van der Waals surface area contributed by atoms with Gasteiger partial charge in [0.2, 0.25) is 0 Å². The molecule has 0 radical (unpaired) electrons. The number of carbonyl (C=O) groups is 2. The number of phenolic OH excluding ortho intramolecular Hbond substituents is 1. The largest absolute Gasteiger partial charge is 0.508 e. The van der Waals surface area contributed by atoms with Gasteiger partial charge in [0.15, 0.2) is 0 Å². The van der Waals surface area contributed by atoms with Crippen LogP contribution in [0.3, 0.4) is 0 Å². The molecule has 0 unspecified atom stereocenters. The second-order valence-corrected chi connectivity index (χ2v) is 8.25. The van der Waals surface area contributed by atoms with Crippen molar-refractivity contribution in [3.63, 3.8) is 0 Å². The number of hydrogen-bond acceptors (Lipinski definition) is 5.